The van der Waals surface area contributed by atoms with Gasteiger partial charge in [-0.05, 0) is 43.2 Å². The Bertz CT molecular complexity index is 1030. The van der Waals surface area contributed by atoms with E-state index in [1.807, 2.05) is 0 Å². The van der Waals surface area contributed by atoms with Gasteiger partial charge in [-0.3, -0.25) is 24.1 Å². The van der Waals surface area contributed by atoms with Crippen LogP contribution in [0.4, 0.5) is 11.4 Å². The zero-order valence-electron chi connectivity index (χ0n) is 17.2. The van der Waals surface area contributed by atoms with Gasteiger partial charge in [-0.1, -0.05) is 12.1 Å². The first kappa shape index (κ1) is 20.6. The lowest BCUT2D eigenvalue weighted by molar-refractivity contribution is -0.119. The molecule has 0 unspecified atom stereocenters. The predicted molar refractivity (Wildman–Crippen MR) is 114 cm³/mol. The van der Waals surface area contributed by atoms with Crippen LogP contribution in [0.5, 0.6) is 5.75 Å². The van der Waals surface area contributed by atoms with Crippen LogP contribution in [-0.4, -0.2) is 48.7 Å². The first-order chi connectivity index (χ1) is 15.0. The molecule has 1 N–H and O–H groups in total. The van der Waals surface area contributed by atoms with E-state index in [-0.39, 0.29) is 36.6 Å². The Hall–Kier alpha value is -3.68. The molecular weight excluding hydrogens is 398 g/mol. The number of rotatable bonds is 6. The van der Waals surface area contributed by atoms with Gasteiger partial charge < -0.3 is 15.0 Å². The highest BCUT2D eigenvalue weighted by atomic mass is 16.5. The second-order valence-corrected chi connectivity index (χ2v) is 7.49. The Kier molecular flexibility index (Phi) is 5.70. The number of nitrogens with zero attached hydrogens (tertiary/aromatic N) is 2. The molecule has 0 atom stereocenters. The Labute approximate surface area is 179 Å². The SMILES string of the molecule is COc1ccc(NC(=O)CCN2C(=O)c3ccccc3C2=O)cc1N1CCCCC1=O. The minimum absolute atomic E-state index is 0.00813. The minimum atomic E-state index is -0.385. The van der Waals surface area contributed by atoms with E-state index in [1.165, 1.54) is 7.11 Å². The first-order valence-electron chi connectivity index (χ1n) is 10.2. The number of fused-ring (bicyclic) bond motifs is 1. The van der Waals surface area contributed by atoms with E-state index in [4.69, 9.17) is 4.74 Å². The van der Waals surface area contributed by atoms with Crippen molar-refractivity contribution >= 4 is 35.0 Å². The third-order valence-corrected chi connectivity index (χ3v) is 5.52. The fraction of sp³-hybridized carbons (Fsp3) is 0.304. The molecule has 2 aromatic carbocycles. The van der Waals surface area contributed by atoms with Crippen molar-refractivity contribution in [2.45, 2.75) is 25.7 Å². The maximum Gasteiger partial charge on any atom is 0.261 e. The third kappa shape index (κ3) is 4.01. The predicted octanol–water partition coefficient (Wildman–Crippen LogP) is 2.84. The number of carbonyl (C=O) groups excluding carboxylic acids is 4. The van der Waals surface area contributed by atoms with Gasteiger partial charge >= 0.3 is 0 Å². The standard InChI is InChI=1S/C23H23N3O5/c1-31-19-10-9-15(14-18(19)25-12-5-4-8-21(25)28)24-20(27)11-13-26-22(29)16-6-2-3-7-17(16)23(26)30/h2-3,6-7,9-10,14H,4-5,8,11-13H2,1H3,(H,24,27). The molecule has 31 heavy (non-hydrogen) atoms. The molecule has 2 heterocycles. The Morgan fingerprint density at radius 2 is 1.74 bits per heavy atom. The summed E-state index contributed by atoms with van der Waals surface area (Å²) in [5.74, 6) is -0.525. The lowest BCUT2D eigenvalue weighted by atomic mass is 10.1. The third-order valence-electron chi connectivity index (χ3n) is 5.52. The summed E-state index contributed by atoms with van der Waals surface area (Å²) in [7, 11) is 1.54. The van der Waals surface area contributed by atoms with Crippen LogP contribution in [0.1, 0.15) is 46.4 Å². The smallest absolute Gasteiger partial charge is 0.261 e. The van der Waals surface area contributed by atoms with Crippen molar-refractivity contribution in [3.63, 3.8) is 0 Å². The summed E-state index contributed by atoms with van der Waals surface area (Å²) in [5.41, 5.74) is 1.85. The molecule has 0 saturated carbocycles. The van der Waals surface area contributed by atoms with Gasteiger partial charge in [0, 0.05) is 31.6 Å². The van der Waals surface area contributed by atoms with Gasteiger partial charge in [0.1, 0.15) is 5.75 Å². The zero-order chi connectivity index (χ0) is 22.0. The summed E-state index contributed by atoms with van der Waals surface area (Å²) in [4.78, 5) is 52.4. The average molecular weight is 421 g/mol. The summed E-state index contributed by atoms with van der Waals surface area (Å²) in [6.45, 7) is 0.595. The number of piperidine rings is 1. The van der Waals surface area contributed by atoms with Gasteiger partial charge in [0.2, 0.25) is 11.8 Å². The zero-order valence-corrected chi connectivity index (χ0v) is 17.2. The van der Waals surface area contributed by atoms with Crippen molar-refractivity contribution < 1.29 is 23.9 Å². The van der Waals surface area contributed by atoms with Gasteiger partial charge in [0.25, 0.3) is 11.8 Å². The number of hydrogen-bond acceptors (Lipinski definition) is 5. The van der Waals surface area contributed by atoms with Crippen LogP contribution in [0.25, 0.3) is 0 Å². The van der Waals surface area contributed by atoms with E-state index in [2.05, 4.69) is 5.32 Å². The topological polar surface area (TPSA) is 96.0 Å². The number of nitrogens with one attached hydrogen (secondary N) is 1. The van der Waals surface area contributed by atoms with Crippen LogP contribution < -0.4 is 15.0 Å². The van der Waals surface area contributed by atoms with Gasteiger partial charge in [-0.25, -0.2) is 0 Å². The highest BCUT2D eigenvalue weighted by Crippen LogP contribution is 2.33. The summed E-state index contributed by atoms with van der Waals surface area (Å²) in [6.07, 6.45) is 2.23. The minimum Gasteiger partial charge on any atom is -0.495 e. The van der Waals surface area contributed by atoms with Crippen LogP contribution in [0, 0.1) is 0 Å². The van der Waals surface area contributed by atoms with Gasteiger partial charge in [0.05, 0.1) is 23.9 Å². The lowest BCUT2D eigenvalue weighted by Crippen LogP contribution is -2.35. The average Bonchev–Trinajstić information content (AvgIpc) is 3.02. The monoisotopic (exact) mass is 421 g/mol. The van der Waals surface area contributed by atoms with E-state index < -0.39 is 0 Å². The number of methoxy groups -OCH3 is 1. The molecule has 4 rings (SSSR count). The quantitative estimate of drug-likeness (QED) is 0.724. The van der Waals surface area contributed by atoms with Crippen molar-refractivity contribution in [2.75, 3.05) is 30.4 Å². The Morgan fingerprint density at radius 3 is 2.39 bits per heavy atom. The van der Waals surface area contributed by atoms with Crippen LogP contribution in [0.2, 0.25) is 0 Å². The van der Waals surface area contributed by atoms with Gasteiger partial charge in [-0.15, -0.1) is 0 Å². The number of hydrogen-bond donors (Lipinski definition) is 1. The Balaban J connectivity index is 1.42. The molecule has 0 aliphatic carbocycles. The lowest BCUT2D eigenvalue weighted by Gasteiger charge is -2.28. The molecule has 0 spiro atoms. The molecular formula is C23H23N3O5. The van der Waals surface area contributed by atoms with Crippen molar-refractivity contribution in [3.05, 3.63) is 53.6 Å². The molecule has 2 aliphatic heterocycles. The fourth-order valence-corrected chi connectivity index (χ4v) is 3.92. The molecule has 0 aromatic heterocycles. The normalized spacial score (nSPS) is 15.8. The van der Waals surface area contributed by atoms with E-state index >= 15 is 0 Å². The number of imide groups is 1. The number of anilines is 2. The molecule has 1 saturated heterocycles. The fourth-order valence-electron chi connectivity index (χ4n) is 3.92. The second kappa shape index (κ2) is 8.59. The molecule has 4 amide bonds. The number of ether oxygens (including phenoxy) is 1. The van der Waals surface area contributed by atoms with E-state index in [0.29, 0.717) is 41.2 Å². The highest BCUT2D eigenvalue weighted by molar-refractivity contribution is 6.21. The molecule has 160 valence electrons. The first-order valence-corrected chi connectivity index (χ1v) is 10.2. The van der Waals surface area contributed by atoms with Gasteiger partial charge in [0.15, 0.2) is 0 Å². The number of carbonyl (C=O) groups is 4. The van der Waals surface area contributed by atoms with E-state index in [9.17, 15) is 19.2 Å². The van der Waals surface area contributed by atoms with Crippen LogP contribution in [0.3, 0.4) is 0 Å². The molecule has 8 heteroatoms. The maximum atomic E-state index is 12.5. The van der Waals surface area contributed by atoms with E-state index in [1.54, 1.807) is 47.4 Å². The van der Waals surface area contributed by atoms with Crippen molar-refractivity contribution in [2.24, 2.45) is 0 Å². The second-order valence-electron chi connectivity index (χ2n) is 7.49. The highest BCUT2D eigenvalue weighted by Gasteiger charge is 2.35. The van der Waals surface area contributed by atoms with Crippen LogP contribution in [0.15, 0.2) is 42.5 Å². The molecule has 1 fully saturated rings. The van der Waals surface area contributed by atoms with Crippen LogP contribution in [-0.2, 0) is 9.59 Å². The van der Waals surface area contributed by atoms with Crippen molar-refractivity contribution in [3.8, 4) is 5.75 Å². The molecule has 8 nitrogen and oxygen atoms in total. The van der Waals surface area contributed by atoms with Crippen LogP contribution >= 0.6 is 0 Å². The maximum absolute atomic E-state index is 12.5. The molecule has 0 radical (unpaired) electrons. The number of benzene rings is 2. The molecule has 2 aromatic rings. The summed E-state index contributed by atoms with van der Waals surface area (Å²) in [6, 6.07) is 11.7. The summed E-state index contributed by atoms with van der Waals surface area (Å²) >= 11 is 0. The van der Waals surface area contributed by atoms with Crippen molar-refractivity contribution in [1.29, 1.82) is 0 Å². The Morgan fingerprint density at radius 1 is 1.03 bits per heavy atom. The molecule has 0 bridgehead atoms. The van der Waals surface area contributed by atoms with Crippen molar-refractivity contribution in [1.82, 2.24) is 4.90 Å². The van der Waals surface area contributed by atoms with Gasteiger partial charge in [-0.2, -0.15) is 0 Å². The molecule has 2 aliphatic rings. The summed E-state index contributed by atoms with van der Waals surface area (Å²) < 4.78 is 5.39. The van der Waals surface area contributed by atoms with E-state index in [0.717, 1.165) is 17.7 Å². The number of amides is 4. The summed E-state index contributed by atoms with van der Waals surface area (Å²) in [5, 5.41) is 2.78. The largest absolute Gasteiger partial charge is 0.495 e.